The van der Waals surface area contributed by atoms with Crippen LogP contribution in [-0.2, 0) is 21.7 Å². The van der Waals surface area contributed by atoms with Crippen molar-refractivity contribution in [2.75, 3.05) is 5.32 Å². The molecule has 7 nitrogen and oxygen atoms in total. The Morgan fingerprint density at radius 1 is 1.16 bits per heavy atom. The van der Waals surface area contributed by atoms with E-state index >= 15 is 0 Å². The third-order valence-corrected chi connectivity index (χ3v) is 8.99. The number of aromatic nitrogens is 2. The summed E-state index contributed by atoms with van der Waals surface area (Å²) in [6.07, 6.45) is 8.95. The number of benzene rings is 1. The minimum Gasteiger partial charge on any atom is -0.393 e. The summed E-state index contributed by atoms with van der Waals surface area (Å²) in [5.41, 5.74) is 2.07. The summed E-state index contributed by atoms with van der Waals surface area (Å²) in [6.45, 7) is 0. The molecule has 0 aliphatic heterocycles. The number of aryl methyl sites for hydroxylation is 1. The fraction of sp³-hybridized carbons (Fsp3) is 0.500. The molecule has 3 saturated carbocycles. The molecule has 2 aromatic rings. The first kappa shape index (κ1) is 21.4. The molecule has 1 amide bonds. The van der Waals surface area contributed by atoms with E-state index in [9.17, 15) is 18.3 Å². The van der Waals surface area contributed by atoms with Crippen LogP contribution in [0.5, 0.6) is 0 Å². The summed E-state index contributed by atoms with van der Waals surface area (Å²) in [4.78, 5) is 13.7. The van der Waals surface area contributed by atoms with Gasteiger partial charge in [0.25, 0.3) is 5.91 Å². The van der Waals surface area contributed by atoms with Crippen LogP contribution < -0.4 is 5.32 Å². The number of amides is 1. The zero-order valence-corrected chi connectivity index (χ0v) is 19.0. The van der Waals surface area contributed by atoms with Gasteiger partial charge in [0.2, 0.25) is 0 Å². The highest BCUT2D eigenvalue weighted by molar-refractivity contribution is 7.92. The van der Waals surface area contributed by atoms with Crippen LogP contribution in [0.1, 0.15) is 62.0 Å². The number of aliphatic hydroxyl groups excluding tert-OH is 1. The second-order valence-electron chi connectivity index (χ2n) is 9.41. The number of anilines is 1. The maximum absolute atomic E-state index is 13.3. The van der Waals surface area contributed by atoms with E-state index in [1.807, 2.05) is 12.1 Å². The molecule has 1 aromatic carbocycles. The fourth-order valence-electron chi connectivity index (χ4n) is 4.59. The van der Waals surface area contributed by atoms with Gasteiger partial charge in [-0.2, -0.15) is 5.10 Å². The number of sulfone groups is 1. The summed E-state index contributed by atoms with van der Waals surface area (Å²) < 4.78 is 27.6. The minimum absolute atomic E-state index is 0.105. The molecular formula is C24H29N3O4S. The van der Waals surface area contributed by atoms with Crippen molar-refractivity contribution in [3.8, 4) is 0 Å². The highest BCUT2D eigenvalue weighted by atomic mass is 32.2. The number of hydrogen-bond acceptors (Lipinski definition) is 5. The fourth-order valence-corrected chi connectivity index (χ4v) is 6.52. The Bertz CT molecular complexity index is 1180. The second-order valence-corrected chi connectivity index (χ2v) is 11.6. The summed E-state index contributed by atoms with van der Waals surface area (Å²) >= 11 is 0. The van der Waals surface area contributed by atoms with Crippen molar-refractivity contribution in [2.24, 2.45) is 13.0 Å². The van der Waals surface area contributed by atoms with Crippen LogP contribution in [0.4, 0.5) is 5.82 Å². The average molecular weight is 456 g/mol. The Morgan fingerprint density at radius 3 is 2.53 bits per heavy atom. The number of nitrogens with one attached hydrogen (secondary N) is 1. The van der Waals surface area contributed by atoms with Crippen molar-refractivity contribution in [1.29, 1.82) is 0 Å². The van der Waals surface area contributed by atoms with Crippen LogP contribution in [0.15, 0.2) is 41.4 Å². The van der Waals surface area contributed by atoms with E-state index in [0.717, 1.165) is 49.7 Å². The highest BCUT2D eigenvalue weighted by Gasteiger charge is 2.40. The summed E-state index contributed by atoms with van der Waals surface area (Å²) in [5.74, 6) is 0.537. The molecule has 3 aliphatic carbocycles. The van der Waals surface area contributed by atoms with E-state index in [-0.39, 0.29) is 29.1 Å². The normalized spacial score (nSPS) is 24.0. The van der Waals surface area contributed by atoms with Gasteiger partial charge in [-0.15, -0.1) is 0 Å². The van der Waals surface area contributed by atoms with Gasteiger partial charge in [0.1, 0.15) is 0 Å². The molecule has 3 aliphatic rings. The Hall–Kier alpha value is -2.45. The predicted octanol–water partition coefficient (Wildman–Crippen LogP) is 3.42. The zero-order valence-electron chi connectivity index (χ0n) is 18.2. The zero-order chi connectivity index (χ0) is 22.5. The molecule has 2 N–H and O–H groups in total. The van der Waals surface area contributed by atoms with Gasteiger partial charge in [-0.1, -0.05) is 12.1 Å². The molecule has 0 spiro atoms. The number of carbonyl (C=O) groups excluding carboxylic acids is 1. The predicted molar refractivity (Wildman–Crippen MR) is 122 cm³/mol. The molecule has 32 heavy (non-hydrogen) atoms. The first-order chi connectivity index (χ1) is 15.3. The Kier molecular flexibility index (Phi) is 5.45. The first-order valence-electron chi connectivity index (χ1n) is 11.4. The molecule has 1 aromatic heterocycles. The smallest absolute Gasteiger partial charge is 0.257 e. The Balaban J connectivity index is 1.52. The Morgan fingerprint density at radius 2 is 1.94 bits per heavy atom. The van der Waals surface area contributed by atoms with E-state index in [1.54, 1.807) is 36.1 Å². The van der Waals surface area contributed by atoms with Gasteiger partial charge in [-0.05, 0) is 80.0 Å². The largest absolute Gasteiger partial charge is 0.393 e. The topological polar surface area (TPSA) is 101 Å². The molecule has 1 heterocycles. The molecule has 3 fully saturated rings. The number of nitrogens with zero attached hydrogens (tertiary/aromatic N) is 2. The number of hydrogen-bond donors (Lipinski definition) is 2. The molecule has 0 saturated heterocycles. The van der Waals surface area contributed by atoms with Crippen molar-refractivity contribution >= 4 is 27.1 Å². The standard InChI is InChI=1S/C24H29N3O4S/c1-27-11-10-23(26-27)25-24(29)21(13-15-2-6-18(28)12-15)17-5-9-22(20(14-17)16-3-4-16)32(30,31)19-7-8-19/h5,9-11,13-16,18-19,28H,2-4,6-8,12H2,1H3,(H,25,26,29)/b21-13-/t15-,18+/m0/s1. The molecule has 0 radical (unpaired) electrons. The lowest BCUT2D eigenvalue weighted by atomic mass is 9.95. The SMILES string of the molecule is Cn1ccc(NC(=O)/C(=C\[C@H]2CC[C@@H](O)C2)c2ccc(S(=O)(=O)C3CC3)c(C3CC3)c2)n1. The minimum atomic E-state index is -3.31. The summed E-state index contributed by atoms with van der Waals surface area (Å²) in [5, 5.41) is 16.8. The van der Waals surface area contributed by atoms with Crippen molar-refractivity contribution < 1.29 is 18.3 Å². The molecular weight excluding hydrogens is 426 g/mol. The third-order valence-electron chi connectivity index (χ3n) is 6.66. The van der Waals surface area contributed by atoms with Crippen LogP contribution in [0.25, 0.3) is 5.57 Å². The van der Waals surface area contributed by atoms with E-state index in [0.29, 0.717) is 22.7 Å². The summed E-state index contributed by atoms with van der Waals surface area (Å²) in [6, 6.07) is 7.09. The van der Waals surface area contributed by atoms with Gasteiger partial charge < -0.3 is 10.4 Å². The lowest BCUT2D eigenvalue weighted by Crippen LogP contribution is -2.16. The first-order valence-corrected chi connectivity index (χ1v) is 12.9. The van der Waals surface area contributed by atoms with Crippen molar-refractivity contribution in [1.82, 2.24) is 9.78 Å². The average Bonchev–Trinajstić information content (AvgIpc) is 3.68. The quantitative estimate of drug-likeness (QED) is 0.623. The van der Waals surface area contributed by atoms with Crippen LogP contribution in [0.2, 0.25) is 0 Å². The van der Waals surface area contributed by atoms with Crippen molar-refractivity contribution in [3.05, 3.63) is 47.7 Å². The maximum Gasteiger partial charge on any atom is 0.257 e. The molecule has 5 rings (SSSR count). The molecule has 170 valence electrons. The van der Waals surface area contributed by atoms with E-state index in [2.05, 4.69) is 10.4 Å². The number of aliphatic hydroxyl groups is 1. The molecule has 8 heteroatoms. The lowest BCUT2D eigenvalue weighted by Gasteiger charge is -2.15. The third kappa shape index (κ3) is 4.38. The van der Waals surface area contributed by atoms with Gasteiger partial charge >= 0.3 is 0 Å². The second kappa shape index (κ2) is 8.15. The Labute approximate surface area is 188 Å². The number of rotatable bonds is 7. The molecule has 2 atom stereocenters. The van der Waals surface area contributed by atoms with E-state index in [4.69, 9.17) is 0 Å². The van der Waals surface area contributed by atoms with Crippen molar-refractivity contribution in [3.63, 3.8) is 0 Å². The monoisotopic (exact) mass is 455 g/mol. The van der Waals surface area contributed by atoms with Crippen LogP contribution in [0, 0.1) is 5.92 Å². The van der Waals surface area contributed by atoms with Gasteiger partial charge in [-0.3, -0.25) is 9.48 Å². The lowest BCUT2D eigenvalue weighted by molar-refractivity contribution is -0.111. The van der Waals surface area contributed by atoms with Crippen LogP contribution in [-0.4, -0.2) is 40.6 Å². The van der Waals surface area contributed by atoms with Gasteiger partial charge in [0.15, 0.2) is 15.7 Å². The van der Waals surface area contributed by atoms with E-state index < -0.39 is 9.84 Å². The van der Waals surface area contributed by atoms with Gasteiger partial charge in [-0.25, -0.2) is 8.42 Å². The molecule has 0 bridgehead atoms. The van der Waals surface area contributed by atoms with Crippen molar-refractivity contribution in [2.45, 2.75) is 67.1 Å². The maximum atomic E-state index is 13.3. The van der Waals surface area contributed by atoms with Crippen LogP contribution in [0.3, 0.4) is 0 Å². The number of allylic oxidation sites excluding steroid dienone is 1. The molecule has 0 unspecified atom stereocenters. The highest BCUT2D eigenvalue weighted by Crippen LogP contribution is 2.46. The van der Waals surface area contributed by atoms with Crippen LogP contribution >= 0.6 is 0 Å². The van der Waals surface area contributed by atoms with Gasteiger partial charge in [0, 0.05) is 24.9 Å². The van der Waals surface area contributed by atoms with E-state index in [1.165, 1.54) is 0 Å². The van der Waals surface area contributed by atoms with Gasteiger partial charge in [0.05, 0.1) is 16.2 Å². The number of carbonyl (C=O) groups is 1. The summed E-state index contributed by atoms with van der Waals surface area (Å²) in [7, 11) is -1.52.